The molecule has 6 atom stereocenters. The summed E-state index contributed by atoms with van der Waals surface area (Å²) in [4.78, 5) is 28.7. The maximum Gasteiger partial charge on any atom is 0.240 e. The minimum atomic E-state index is -0.566. The molecular weight excluding hydrogens is 497 g/mol. The molecule has 6 nitrogen and oxygen atoms in total. The lowest BCUT2D eigenvalue weighted by Crippen LogP contribution is -2.50. The summed E-state index contributed by atoms with van der Waals surface area (Å²) in [5, 5.41) is 7.80. The Bertz CT molecular complexity index is 1440. The molecule has 0 spiro atoms. The SMILES string of the molecule is Cc1ccc(N2C(=O)[C@@H]3[C@@H]4O[C@@H]([C@H]5C(c6cccc(Cl)c6Cl)=NN(c6ccccc6)[C@@H]45)[C@@H]3C2=O)cc1. The first kappa shape index (κ1) is 22.0. The number of fused-ring (bicyclic) bond motifs is 8. The van der Waals surface area contributed by atoms with Crippen LogP contribution < -0.4 is 9.91 Å². The smallest absolute Gasteiger partial charge is 0.240 e. The van der Waals surface area contributed by atoms with Crippen molar-refractivity contribution in [3.8, 4) is 0 Å². The first-order chi connectivity index (χ1) is 17.5. The van der Waals surface area contributed by atoms with Gasteiger partial charge in [-0.1, -0.05) is 71.2 Å². The molecule has 8 heteroatoms. The van der Waals surface area contributed by atoms with Gasteiger partial charge >= 0.3 is 0 Å². The molecule has 2 amide bonds. The fourth-order valence-corrected chi connectivity index (χ4v) is 6.70. The second kappa shape index (κ2) is 7.90. The highest BCUT2D eigenvalue weighted by atomic mass is 35.5. The average Bonchev–Trinajstić information content (AvgIpc) is 3.62. The first-order valence-electron chi connectivity index (χ1n) is 11.9. The number of carbonyl (C=O) groups is 2. The molecule has 180 valence electrons. The van der Waals surface area contributed by atoms with E-state index in [0.717, 1.165) is 22.5 Å². The number of carbonyl (C=O) groups excluding carboxylic acids is 2. The number of aryl methyl sites for hydroxylation is 1. The fraction of sp³-hybridized carbons (Fsp3) is 0.250. The van der Waals surface area contributed by atoms with Crippen LogP contribution >= 0.6 is 23.2 Å². The summed E-state index contributed by atoms with van der Waals surface area (Å²) in [7, 11) is 0. The zero-order chi connectivity index (χ0) is 24.7. The quantitative estimate of drug-likeness (QED) is 0.453. The number of hydrazone groups is 1. The van der Waals surface area contributed by atoms with Gasteiger partial charge in [-0.2, -0.15) is 5.10 Å². The summed E-state index contributed by atoms with van der Waals surface area (Å²) in [5.74, 6) is -1.77. The van der Waals surface area contributed by atoms with Crippen molar-refractivity contribution < 1.29 is 14.3 Å². The van der Waals surface area contributed by atoms with Crippen molar-refractivity contribution in [2.75, 3.05) is 9.91 Å². The van der Waals surface area contributed by atoms with E-state index < -0.39 is 24.0 Å². The van der Waals surface area contributed by atoms with Crippen LogP contribution in [0.15, 0.2) is 77.9 Å². The first-order valence-corrected chi connectivity index (χ1v) is 12.7. The van der Waals surface area contributed by atoms with E-state index in [9.17, 15) is 9.59 Å². The minimum absolute atomic E-state index is 0.206. The number of nitrogens with zero attached hydrogens (tertiary/aromatic N) is 3. The monoisotopic (exact) mass is 517 g/mol. The molecule has 3 fully saturated rings. The normalized spacial score (nSPS) is 30.1. The summed E-state index contributed by atoms with van der Waals surface area (Å²) in [6.45, 7) is 1.97. The molecule has 0 aromatic heterocycles. The zero-order valence-corrected chi connectivity index (χ0v) is 20.7. The van der Waals surface area contributed by atoms with Crippen molar-refractivity contribution in [2.45, 2.75) is 25.2 Å². The Hall–Kier alpha value is -3.19. The van der Waals surface area contributed by atoms with Crippen molar-refractivity contribution in [1.82, 2.24) is 0 Å². The Morgan fingerprint density at radius 2 is 1.47 bits per heavy atom. The molecule has 3 aromatic carbocycles. The lowest BCUT2D eigenvalue weighted by Gasteiger charge is -2.32. The Kier molecular flexibility index (Phi) is 4.84. The fourth-order valence-electron chi connectivity index (χ4n) is 6.31. The molecule has 7 rings (SSSR count). The van der Waals surface area contributed by atoms with Crippen LogP contribution in [0.5, 0.6) is 0 Å². The van der Waals surface area contributed by atoms with Gasteiger partial charge in [-0.05, 0) is 37.3 Å². The Morgan fingerprint density at radius 3 is 2.19 bits per heavy atom. The molecule has 0 N–H and O–H groups in total. The number of ether oxygens (including phenoxy) is 1. The molecule has 0 radical (unpaired) electrons. The van der Waals surface area contributed by atoms with E-state index in [1.807, 2.05) is 78.7 Å². The van der Waals surface area contributed by atoms with Crippen LogP contribution in [0.2, 0.25) is 10.0 Å². The van der Waals surface area contributed by atoms with Gasteiger partial charge in [-0.15, -0.1) is 0 Å². The zero-order valence-electron chi connectivity index (χ0n) is 19.2. The van der Waals surface area contributed by atoms with Crippen molar-refractivity contribution in [1.29, 1.82) is 0 Å². The van der Waals surface area contributed by atoms with Crippen LogP contribution in [0.1, 0.15) is 11.1 Å². The molecule has 4 aliphatic heterocycles. The summed E-state index contributed by atoms with van der Waals surface area (Å²) < 4.78 is 6.46. The third-order valence-corrected chi connectivity index (χ3v) is 8.65. The standard InChI is InChI=1S/C28H21Cl2N3O3/c1-14-10-12-15(13-11-14)32-27(34)19-20(28(32)35)26-24-21(25(19)36-26)23(17-8-5-9-18(29)22(17)30)31-33(24)16-6-3-2-4-7-16/h2-13,19-21,24-26H,1H3/t19-,20+,21+,24-,25-,26+/m1/s1. The number of para-hydroxylation sites is 1. The van der Waals surface area contributed by atoms with Crippen molar-refractivity contribution >= 4 is 52.1 Å². The van der Waals surface area contributed by atoms with Crippen LogP contribution in [0.3, 0.4) is 0 Å². The number of halogens is 2. The van der Waals surface area contributed by atoms with Gasteiger partial charge in [0.05, 0.1) is 63.1 Å². The molecule has 0 unspecified atom stereocenters. The number of anilines is 2. The Labute approximate surface area is 218 Å². The van der Waals surface area contributed by atoms with Gasteiger partial charge in [-0.3, -0.25) is 14.6 Å². The van der Waals surface area contributed by atoms with E-state index >= 15 is 0 Å². The highest BCUT2D eigenvalue weighted by molar-refractivity contribution is 6.44. The summed E-state index contributed by atoms with van der Waals surface area (Å²) in [6, 6.07) is 22.5. The highest BCUT2D eigenvalue weighted by Gasteiger charge is 2.72. The predicted octanol–water partition coefficient (Wildman–Crippen LogP) is 5.10. The maximum absolute atomic E-state index is 13.7. The van der Waals surface area contributed by atoms with Crippen molar-refractivity contribution in [3.05, 3.63) is 94.0 Å². The molecule has 0 aliphatic carbocycles. The molecule has 36 heavy (non-hydrogen) atoms. The molecule has 2 bridgehead atoms. The summed E-state index contributed by atoms with van der Waals surface area (Å²) in [6.07, 6.45) is -0.962. The molecule has 4 heterocycles. The number of hydrogen-bond acceptors (Lipinski definition) is 5. The number of rotatable bonds is 3. The molecule has 0 saturated carbocycles. The van der Waals surface area contributed by atoms with E-state index in [0.29, 0.717) is 15.7 Å². The number of imide groups is 1. The minimum Gasteiger partial charge on any atom is -0.370 e. The summed E-state index contributed by atoms with van der Waals surface area (Å²) >= 11 is 13.0. The van der Waals surface area contributed by atoms with Crippen molar-refractivity contribution in [2.24, 2.45) is 22.9 Å². The van der Waals surface area contributed by atoms with E-state index in [2.05, 4.69) is 0 Å². The van der Waals surface area contributed by atoms with Crippen LogP contribution in [-0.4, -0.2) is 35.8 Å². The van der Waals surface area contributed by atoms with Gasteiger partial charge in [0.2, 0.25) is 11.8 Å². The summed E-state index contributed by atoms with van der Waals surface area (Å²) in [5.41, 5.74) is 4.00. The number of amides is 2. The highest BCUT2D eigenvalue weighted by Crippen LogP contribution is 2.56. The van der Waals surface area contributed by atoms with E-state index in [4.69, 9.17) is 33.0 Å². The van der Waals surface area contributed by atoms with Crippen LogP contribution in [-0.2, 0) is 14.3 Å². The second-order valence-corrected chi connectivity index (χ2v) is 10.5. The van der Waals surface area contributed by atoms with E-state index in [-0.39, 0.29) is 23.8 Å². The van der Waals surface area contributed by atoms with Crippen LogP contribution in [0, 0.1) is 24.7 Å². The van der Waals surface area contributed by atoms with Gasteiger partial charge in [-0.25, -0.2) is 4.90 Å². The van der Waals surface area contributed by atoms with Crippen LogP contribution in [0.4, 0.5) is 11.4 Å². The molecule has 3 saturated heterocycles. The average molecular weight is 518 g/mol. The Morgan fingerprint density at radius 1 is 0.778 bits per heavy atom. The van der Waals surface area contributed by atoms with Crippen LogP contribution in [0.25, 0.3) is 0 Å². The molecule has 4 aliphatic rings. The Balaban J connectivity index is 1.34. The third-order valence-electron chi connectivity index (χ3n) is 7.83. The van der Waals surface area contributed by atoms with E-state index in [1.165, 1.54) is 4.90 Å². The van der Waals surface area contributed by atoms with Gasteiger partial charge in [0, 0.05) is 5.56 Å². The maximum atomic E-state index is 13.7. The van der Waals surface area contributed by atoms with Crippen molar-refractivity contribution in [3.63, 3.8) is 0 Å². The van der Waals surface area contributed by atoms with Gasteiger partial charge in [0.15, 0.2) is 0 Å². The third kappa shape index (κ3) is 2.92. The number of hydrogen-bond donors (Lipinski definition) is 0. The molecular formula is C28H21Cl2N3O3. The lowest BCUT2D eigenvalue weighted by atomic mass is 9.70. The largest absolute Gasteiger partial charge is 0.370 e. The van der Waals surface area contributed by atoms with Gasteiger partial charge < -0.3 is 4.74 Å². The lowest BCUT2D eigenvalue weighted by molar-refractivity contribution is -0.125. The van der Waals surface area contributed by atoms with Gasteiger partial charge in [0.25, 0.3) is 0 Å². The second-order valence-electron chi connectivity index (χ2n) is 9.75. The van der Waals surface area contributed by atoms with E-state index in [1.54, 1.807) is 6.07 Å². The predicted molar refractivity (Wildman–Crippen MR) is 139 cm³/mol. The van der Waals surface area contributed by atoms with Gasteiger partial charge in [0.1, 0.15) is 0 Å². The molecule has 3 aromatic rings. The topological polar surface area (TPSA) is 62.2 Å². The number of benzene rings is 3.